The van der Waals surface area contributed by atoms with E-state index >= 15 is 0 Å². The number of amides is 1. The first-order chi connectivity index (χ1) is 14.0. The molecule has 0 radical (unpaired) electrons. The first-order valence-electron chi connectivity index (χ1n) is 9.30. The number of hydrogen-bond donors (Lipinski definition) is 4. The molecule has 1 aromatic carbocycles. The molecular weight excluding hydrogens is 368 g/mol. The van der Waals surface area contributed by atoms with Gasteiger partial charge in [0.05, 0.1) is 18.3 Å². The SMILES string of the molecule is CC(C)[C@H](CO)Nc1nc(NC(=O)c2ccc(N)cc2)cc(-c2cccnc2)n1. The molecule has 0 saturated heterocycles. The van der Waals surface area contributed by atoms with Crippen molar-refractivity contribution in [1.29, 1.82) is 0 Å². The van der Waals surface area contributed by atoms with Crippen molar-refractivity contribution >= 4 is 23.4 Å². The van der Waals surface area contributed by atoms with Crippen molar-refractivity contribution in [3.05, 3.63) is 60.4 Å². The molecule has 2 aromatic heterocycles. The summed E-state index contributed by atoms with van der Waals surface area (Å²) in [5, 5.41) is 15.6. The predicted molar refractivity (Wildman–Crippen MR) is 113 cm³/mol. The number of aliphatic hydroxyl groups is 1. The molecular formula is C21H24N6O2. The molecule has 0 spiro atoms. The lowest BCUT2D eigenvalue weighted by Crippen LogP contribution is -2.30. The topological polar surface area (TPSA) is 126 Å². The number of benzene rings is 1. The van der Waals surface area contributed by atoms with Gasteiger partial charge in [-0.3, -0.25) is 9.78 Å². The van der Waals surface area contributed by atoms with Crippen LogP contribution in [0.2, 0.25) is 0 Å². The molecule has 0 bridgehead atoms. The van der Waals surface area contributed by atoms with Crippen LogP contribution in [-0.2, 0) is 0 Å². The van der Waals surface area contributed by atoms with Crippen LogP contribution in [0.4, 0.5) is 17.5 Å². The number of nitrogen functional groups attached to an aromatic ring is 1. The van der Waals surface area contributed by atoms with Gasteiger partial charge >= 0.3 is 0 Å². The average Bonchev–Trinajstić information content (AvgIpc) is 2.72. The third-order valence-electron chi connectivity index (χ3n) is 4.41. The fraction of sp³-hybridized carbons (Fsp3) is 0.238. The standard InChI is InChI=1S/C21H24N6O2/c1-13(2)18(12-28)25-21-24-17(15-4-3-9-23-11-15)10-19(27-21)26-20(29)14-5-7-16(22)8-6-14/h3-11,13,18,28H,12,22H2,1-2H3,(H2,24,25,26,27,29)/t18-/m0/s1. The van der Waals surface area contributed by atoms with E-state index in [0.717, 1.165) is 5.56 Å². The van der Waals surface area contributed by atoms with Crippen LogP contribution in [0.5, 0.6) is 0 Å². The van der Waals surface area contributed by atoms with Crippen LogP contribution in [0.15, 0.2) is 54.9 Å². The molecule has 0 fully saturated rings. The Bertz CT molecular complexity index is 961. The minimum Gasteiger partial charge on any atom is -0.399 e. The average molecular weight is 392 g/mol. The summed E-state index contributed by atoms with van der Waals surface area (Å²) in [4.78, 5) is 25.6. The van der Waals surface area contributed by atoms with Gasteiger partial charge in [0.2, 0.25) is 5.95 Å². The quantitative estimate of drug-likeness (QED) is 0.455. The molecule has 5 N–H and O–H groups in total. The van der Waals surface area contributed by atoms with Crippen LogP contribution in [0, 0.1) is 5.92 Å². The van der Waals surface area contributed by atoms with Crippen molar-refractivity contribution in [1.82, 2.24) is 15.0 Å². The zero-order valence-electron chi connectivity index (χ0n) is 16.3. The second kappa shape index (κ2) is 9.11. The summed E-state index contributed by atoms with van der Waals surface area (Å²) >= 11 is 0. The highest BCUT2D eigenvalue weighted by molar-refractivity contribution is 6.04. The highest BCUT2D eigenvalue weighted by atomic mass is 16.3. The van der Waals surface area contributed by atoms with Gasteiger partial charge in [0.25, 0.3) is 5.91 Å². The number of carbonyl (C=O) groups excluding carboxylic acids is 1. The predicted octanol–water partition coefficient (Wildman–Crippen LogP) is 2.80. The molecule has 0 aliphatic carbocycles. The number of anilines is 3. The van der Waals surface area contributed by atoms with Crippen molar-refractivity contribution in [3.63, 3.8) is 0 Å². The van der Waals surface area contributed by atoms with Gasteiger partial charge in [-0.1, -0.05) is 13.8 Å². The van der Waals surface area contributed by atoms with E-state index in [-0.39, 0.29) is 24.5 Å². The molecule has 3 aromatic rings. The summed E-state index contributed by atoms with van der Waals surface area (Å²) in [6, 6.07) is 11.8. The van der Waals surface area contributed by atoms with E-state index in [4.69, 9.17) is 5.73 Å². The summed E-state index contributed by atoms with van der Waals surface area (Å²) in [6.45, 7) is 3.91. The summed E-state index contributed by atoms with van der Waals surface area (Å²) in [6.07, 6.45) is 3.36. The van der Waals surface area contributed by atoms with Crippen molar-refractivity contribution in [2.24, 2.45) is 5.92 Å². The Labute approximate surface area is 169 Å². The third-order valence-corrected chi connectivity index (χ3v) is 4.41. The molecule has 0 aliphatic heterocycles. The number of nitrogens with zero attached hydrogens (tertiary/aromatic N) is 3. The molecule has 1 atom stereocenters. The molecule has 8 heteroatoms. The maximum Gasteiger partial charge on any atom is 0.256 e. The van der Waals surface area contributed by atoms with Gasteiger partial charge in [0.1, 0.15) is 5.82 Å². The van der Waals surface area contributed by atoms with E-state index in [2.05, 4.69) is 25.6 Å². The fourth-order valence-electron chi connectivity index (χ4n) is 2.65. The number of carbonyl (C=O) groups is 1. The maximum atomic E-state index is 12.6. The van der Waals surface area contributed by atoms with E-state index < -0.39 is 0 Å². The smallest absolute Gasteiger partial charge is 0.256 e. The number of nitrogens with one attached hydrogen (secondary N) is 2. The number of aliphatic hydroxyl groups excluding tert-OH is 1. The Morgan fingerprint density at radius 3 is 2.55 bits per heavy atom. The Kier molecular flexibility index (Phi) is 6.36. The molecule has 0 aliphatic rings. The van der Waals surface area contributed by atoms with Crippen molar-refractivity contribution < 1.29 is 9.90 Å². The Hall–Kier alpha value is -3.52. The van der Waals surface area contributed by atoms with Crippen LogP contribution in [0.1, 0.15) is 24.2 Å². The maximum absolute atomic E-state index is 12.6. The number of nitrogens with two attached hydrogens (primary N) is 1. The first-order valence-corrected chi connectivity index (χ1v) is 9.30. The summed E-state index contributed by atoms with van der Waals surface area (Å²) in [5.74, 6) is 0.503. The van der Waals surface area contributed by atoms with Gasteiger partial charge in [0, 0.05) is 35.3 Å². The van der Waals surface area contributed by atoms with Crippen LogP contribution < -0.4 is 16.4 Å². The monoisotopic (exact) mass is 392 g/mol. The van der Waals surface area contributed by atoms with Gasteiger partial charge < -0.3 is 21.5 Å². The highest BCUT2D eigenvalue weighted by Crippen LogP contribution is 2.22. The molecule has 8 nitrogen and oxygen atoms in total. The minimum atomic E-state index is -0.311. The zero-order valence-corrected chi connectivity index (χ0v) is 16.3. The Balaban J connectivity index is 1.93. The van der Waals surface area contributed by atoms with Crippen molar-refractivity contribution in [3.8, 4) is 11.3 Å². The van der Waals surface area contributed by atoms with Crippen molar-refractivity contribution in [2.45, 2.75) is 19.9 Å². The number of pyridine rings is 1. The molecule has 0 saturated carbocycles. The number of hydrogen-bond acceptors (Lipinski definition) is 7. The third kappa shape index (κ3) is 5.26. The number of rotatable bonds is 7. The molecule has 3 rings (SSSR count). The summed E-state index contributed by atoms with van der Waals surface area (Å²) in [7, 11) is 0. The molecule has 1 amide bonds. The molecule has 29 heavy (non-hydrogen) atoms. The lowest BCUT2D eigenvalue weighted by molar-refractivity contribution is 0.102. The largest absolute Gasteiger partial charge is 0.399 e. The van der Waals surface area contributed by atoms with Gasteiger partial charge in [-0.25, -0.2) is 4.98 Å². The summed E-state index contributed by atoms with van der Waals surface area (Å²) < 4.78 is 0. The first kappa shape index (κ1) is 20.2. The lowest BCUT2D eigenvalue weighted by atomic mass is 10.1. The van der Waals surface area contributed by atoms with Gasteiger partial charge in [-0.05, 0) is 42.3 Å². The van der Waals surface area contributed by atoms with Gasteiger partial charge in [0.15, 0.2) is 0 Å². The van der Waals surface area contributed by atoms with E-state index in [1.807, 2.05) is 26.0 Å². The van der Waals surface area contributed by atoms with Gasteiger partial charge in [-0.2, -0.15) is 4.98 Å². The highest BCUT2D eigenvalue weighted by Gasteiger charge is 2.16. The second-order valence-corrected chi connectivity index (χ2v) is 6.96. The number of aromatic nitrogens is 3. The fourth-order valence-corrected chi connectivity index (χ4v) is 2.65. The van der Waals surface area contributed by atoms with E-state index in [0.29, 0.717) is 28.7 Å². The van der Waals surface area contributed by atoms with Crippen molar-refractivity contribution in [2.75, 3.05) is 23.0 Å². The molecule has 2 heterocycles. The minimum absolute atomic E-state index is 0.0642. The van der Waals surface area contributed by atoms with Crippen LogP contribution in [0.3, 0.4) is 0 Å². The zero-order chi connectivity index (χ0) is 20.8. The van der Waals surface area contributed by atoms with Crippen LogP contribution in [0.25, 0.3) is 11.3 Å². The van der Waals surface area contributed by atoms with Crippen LogP contribution in [-0.4, -0.2) is 38.6 Å². The Morgan fingerprint density at radius 2 is 1.93 bits per heavy atom. The Morgan fingerprint density at radius 1 is 1.17 bits per heavy atom. The molecule has 150 valence electrons. The lowest BCUT2D eigenvalue weighted by Gasteiger charge is -2.20. The van der Waals surface area contributed by atoms with Crippen LogP contribution >= 0.6 is 0 Å². The van der Waals surface area contributed by atoms with E-state index in [9.17, 15) is 9.90 Å². The van der Waals surface area contributed by atoms with E-state index in [1.165, 1.54) is 0 Å². The second-order valence-electron chi connectivity index (χ2n) is 6.96. The normalized spacial score (nSPS) is 11.9. The summed E-state index contributed by atoms with van der Waals surface area (Å²) in [5.41, 5.74) is 8.11. The molecule has 0 unspecified atom stereocenters. The van der Waals surface area contributed by atoms with Gasteiger partial charge in [-0.15, -0.1) is 0 Å². The van der Waals surface area contributed by atoms with E-state index in [1.54, 1.807) is 42.7 Å².